The summed E-state index contributed by atoms with van der Waals surface area (Å²) in [5.41, 5.74) is 3.42. The number of carbonyl (C=O) groups is 2. The molecule has 37 heavy (non-hydrogen) atoms. The number of ether oxygens (including phenoxy) is 1. The standard InChI is InChI=1S/C27H31ClN6O3/c1-33-20-9-4-10-21(37-2)24(20)32-25(33)19(8-5-13-30-22(29)14-28)31-26(35)18-7-3-6-16-15-34(17-11-12-17)27(36)23(16)18/h3-4,6-7,9-10,17,19H,5,8,11-15H2,1-2H3,(H2,29,30)(H,31,35). The van der Waals surface area contributed by atoms with Gasteiger partial charge in [0.05, 0.1) is 35.7 Å². The Morgan fingerprint density at radius 2 is 2.05 bits per heavy atom. The summed E-state index contributed by atoms with van der Waals surface area (Å²) >= 11 is 5.71. The minimum atomic E-state index is -0.423. The maximum atomic E-state index is 13.7. The molecular formula is C27H31ClN6O3. The van der Waals surface area contributed by atoms with Crippen molar-refractivity contribution in [1.82, 2.24) is 25.1 Å². The van der Waals surface area contributed by atoms with Crippen LogP contribution in [0.2, 0.25) is 0 Å². The topological polar surface area (TPSA) is 112 Å². The van der Waals surface area contributed by atoms with Gasteiger partial charge in [-0.05, 0) is 49.4 Å². The first-order chi connectivity index (χ1) is 17.9. The van der Waals surface area contributed by atoms with E-state index in [0.717, 1.165) is 29.4 Å². The van der Waals surface area contributed by atoms with E-state index in [1.807, 2.05) is 46.8 Å². The number of imidazole rings is 1. The van der Waals surface area contributed by atoms with Gasteiger partial charge >= 0.3 is 0 Å². The summed E-state index contributed by atoms with van der Waals surface area (Å²) in [4.78, 5) is 33.6. The van der Waals surface area contributed by atoms with E-state index in [4.69, 9.17) is 26.7 Å². The van der Waals surface area contributed by atoms with E-state index in [0.29, 0.717) is 48.6 Å². The lowest BCUT2D eigenvalue weighted by atomic mass is 10.0. The number of benzene rings is 2. The van der Waals surface area contributed by atoms with E-state index in [2.05, 4.69) is 10.6 Å². The van der Waals surface area contributed by atoms with Crippen molar-refractivity contribution in [2.24, 2.45) is 7.05 Å². The van der Waals surface area contributed by atoms with Crippen LogP contribution in [0, 0.1) is 5.41 Å². The molecule has 1 aromatic heterocycles. The van der Waals surface area contributed by atoms with Crippen LogP contribution >= 0.6 is 11.6 Å². The molecular weight excluding hydrogens is 492 g/mol. The van der Waals surface area contributed by atoms with Gasteiger partial charge in [-0.1, -0.05) is 18.2 Å². The molecule has 0 bridgehead atoms. The lowest BCUT2D eigenvalue weighted by Crippen LogP contribution is -2.33. The first-order valence-electron chi connectivity index (χ1n) is 12.5. The predicted molar refractivity (Wildman–Crippen MR) is 142 cm³/mol. The lowest BCUT2D eigenvalue weighted by molar-refractivity contribution is 0.0760. The van der Waals surface area contributed by atoms with E-state index in [-0.39, 0.29) is 29.6 Å². The van der Waals surface area contributed by atoms with Crippen LogP contribution in [-0.4, -0.2) is 57.7 Å². The molecule has 1 fully saturated rings. The molecule has 194 valence electrons. The number of fused-ring (bicyclic) bond motifs is 2. The molecule has 5 rings (SSSR count). The van der Waals surface area contributed by atoms with Gasteiger partial charge in [-0.25, -0.2) is 4.98 Å². The Hall–Kier alpha value is -3.59. The van der Waals surface area contributed by atoms with Gasteiger partial charge in [-0.2, -0.15) is 0 Å². The molecule has 3 N–H and O–H groups in total. The van der Waals surface area contributed by atoms with Crippen LogP contribution in [0.1, 0.15) is 63.8 Å². The molecule has 9 nitrogen and oxygen atoms in total. The summed E-state index contributed by atoms with van der Waals surface area (Å²) in [5, 5.41) is 13.9. The van der Waals surface area contributed by atoms with Crippen molar-refractivity contribution >= 4 is 40.3 Å². The molecule has 2 amide bonds. The number of aromatic nitrogens is 2. The fraction of sp³-hybridized carbons (Fsp3) is 0.407. The number of alkyl halides is 1. The lowest BCUT2D eigenvalue weighted by Gasteiger charge is -2.20. The van der Waals surface area contributed by atoms with Gasteiger partial charge in [-0.3, -0.25) is 15.0 Å². The molecule has 1 atom stereocenters. The Labute approximate surface area is 220 Å². The third-order valence-electron chi connectivity index (χ3n) is 7.09. The SMILES string of the molecule is COc1cccc2c1nc(C(CCCNC(=N)CCl)NC(=O)c1cccc3c1C(=O)N(C1CC1)C3)n2C. The third kappa shape index (κ3) is 4.87. The summed E-state index contributed by atoms with van der Waals surface area (Å²) in [6.07, 6.45) is 3.29. The summed E-state index contributed by atoms with van der Waals surface area (Å²) in [6.45, 7) is 1.10. The van der Waals surface area contributed by atoms with E-state index in [1.54, 1.807) is 13.2 Å². The maximum Gasteiger partial charge on any atom is 0.255 e. The molecule has 1 saturated carbocycles. The first-order valence-corrected chi connectivity index (χ1v) is 13.1. The minimum absolute atomic E-state index is 0.0592. The van der Waals surface area contributed by atoms with E-state index in [9.17, 15) is 9.59 Å². The van der Waals surface area contributed by atoms with Crippen LogP contribution in [0.15, 0.2) is 36.4 Å². The first kappa shape index (κ1) is 25.1. The van der Waals surface area contributed by atoms with Gasteiger partial charge in [0.15, 0.2) is 0 Å². The number of methoxy groups -OCH3 is 1. The number of amides is 2. The molecule has 10 heteroatoms. The molecule has 3 aromatic rings. The summed E-state index contributed by atoms with van der Waals surface area (Å²) in [7, 11) is 3.53. The van der Waals surface area contributed by atoms with E-state index >= 15 is 0 Å². The summed E-state index contributed by atoms with van der Waals surface area (Å²) in [5.74, 6) is 1.38. The van der Waals surface area contributed by atoms with Crippen molar-refractivity contribution in [2.75, 3.05) is 19.5 Å². The monoisotopic (exact) mass is 522 g/mol. The van der Waals surface area contributed by atoms with Crippen LogP contribution in [-0.2, 0) is 13.6 Å². The molecule has 1 aliphatic heterocycles. The molecule has 0 saturated heterocycles. The molecule has 0 spiro atoms. The molecule has 2 heterocycles. The highest BCUT2D eigenvalue weighted by Crippen LogP contribution is 2.36. The van der Waals surface area contributed by atoms with Crippen LogP contribution in [0.5, 0.6) is 5.75 Å². The van der Waals surface area contributed by atoms with Gasteiger partial charge in [-0.15, -0.1) is 11.6 Å². The van der Waals surface area contributed by atoms with Gasteiger partial charge in [0.1, 0.15) is 22.9 Å². The number of halogens is 1. The predicted octanol–water partition coefficient (Wildman–Crippen LogP) is 3.76. The zero-order valence-corrected chi connectivity index (χ0v) is 21.8. The number of nitrogens with one attached hydrogen (secondary N) is 3. The Morgan fingerprint density at radius 1 is 1.27 bits per heavy atom. The van der Waals surface area contributed by atoms with Crippen molar-refractivity contribution in [1.29, 1.82) is 5.41 Å². The molecule has 1 aliphatic carbocycles. The molecule has 2 aliphatic rings. The summed E-state index contributed by atoms with van der Waals surface area (Å²) in [6, 6.07) is 11.1. The van der Waals surface area contributed by atoms with Crippen LogP contribution in [0.3, 0.4) is 0 Å². The fourth-order valence-electron chi connectivity index (χ4n) is 5.03. The highest BCUT2D eigenvalue weighted by molar-refractivity contribution is 6.27. The number of carbonyl (C=O) groups excluding carboxylic acids is 2. The Balaban J connectivity index is 1.43. The minimum Gasteiger partial charge on any atom is -0.494 e. The van der Waals surface area contributed by atoms with E-state index < -0.39 is 6.04 Å². The number of rotatable bonds is 10. The van der Waals surface area contributed by atoms with E-state index in [1.165, 1.54) is 0 Å². The average molecular weight is 523 g/mol. The Bertz CT molecular complexity index is 1370. The second-order valence-electron chi connectivity index (χ2n) is 9.57. The van der Waals surface area contributed by atoms with Crippen molar-refractivity contribution < 1.29 is 14.3 Å². The average Bonchev–Trinajstić information content (AvgIpc) is 3.63. The number of hydrogen-bond acceptors (Lipinski definition) is 5. The van der Waals surface area contributed by atoms with Crippen LogP contribution in [0.25, 0.3) is 11.0 Å². The Kier molecular flexibility index (Phi) is 7.06. The van der Waals surface area contributed by atoms with Crippen molar-refractivity contribution in [2.45, 2.75) is 44.3 Å². The van der Waals surface area contributed by atoms with Gasteiger partial charge < -0.3 is 24.8 Å². The van der Waals surface area contributed by atoms with Crippen molar-refractivity contribution in [3.05, 3.63) is 58.9 Å². The Morgan fingerprint density at radius 3 is 2.78 bits per heavy atom. The fourth-order valence-corrected chi connectivity index (χ4v) is 5.13. The second kappa shape index (κ2) is 10.4. The van der Waals surface area contributed by atoms with Crippen molar-refractivity contribution in [3.8, 4) is 5.75 Å². The highest BCUT2D eigenvalue weighted by Gasteiger charge is 2.40. The molecule has 1 unspecified atom stereocenters. The van der Waals surface area contributed by atoms with Gasteiger partial charge in [0.2, 0.25) is 0 Å². The zero-order valence-electron chi connectivity index (χ0n) is 21.0. The zero-order chi connectivity index (χ0) is 26.1. The number of aryl methyl sites for hydroxylation is 1. The van der Waals surface area contributed by atoms with Gasteiger partial charge in [0.25, 0.3) is 11.8 Å². The number of nitrogens with zero attached hydrogens (tertiary/aromatic N) is 3. The second-order valence-corrected chi connectivity index (χ2v) is 9.84. The smallest absolute Gasteiger partial charge is 0.255 e. The van der Waals surface area contributed by atoms with Crippen LogP contribution < -0.4 is 15.4 Å². The number of amidine groups is 1. The maximum absolute atomic E-state index is 13.7. The quantitative estimate of drug-likeness (QED) is 0.162. The number of hydrogen-bond donors (Lipinski definition) is 3. The van der Waals surface area contributed by atoms with Gasteiger partial charge in [0, 0.05) is 26.2 Å². The summed E-state index contributed by atoms with van der Waals surface area (Å²) < 4.78 is 7.47. The molecule has 0 radical (unpaired) electrons. The normalized spacial score (nSPS) is 15.5. The number of para-hydroxylation sites is 1. The largest absolute Gasteiger partial charge is 0.494 e. The van der Waals surface area contributed by atoms with Crippen molar-refractivity contribution in [3.63, 3.8) is 0 Å². The highest BCUT2D eigenvalue weighted by atomic mass is 35.5. The van der Waals surface area contributed by atoms with Crippen LogP contribution in [0.4, 0.5) is 0 Å². The third-order valence-corrected chi connectivity index (χ3v) is 7.35. The molecule has 2 aromatic carbocycles.